The molecule has 0 aliphatic carbocycles. The second-order valence-corrected chi connectivity index (χ2v) is 10.4. The molecular formula is C27H36ClN5O. The molecule has 182 valence electrons. The SMILES string of the molecule is Cc1nn2c(C3CCCN(Cc4ccc(Cl)cc4)C3)ccnc2c1CNC(C)C1CCOCC1. The fourth-order valence-electron chi connectivity index (χ4n) is 5.56. The van der Waals surface area contributed by atoms with Gasteiger partial charge in [-0.1, -0.05) is 23.7 Å². The van der Waals surface area contributed by atoms with Crippen LogP contribution in [0.5, 0.6) is 0 Å². The Morgan fingerprint density at radius 3 is 2.74 bits per heavy atom. The zero-order valence-electron chi connectivity index (χ0n) is 20.3. The molecule has 1 aromatic carbocycles. The summed E-state index contributed by atoms with van der Waals surface area (Å²) < 4.78 is 7.65. The summed E-state index contributed by atoms with van der Waals surface area (Å²) in [5, 5.41) is 9.51. The van der Waals surface area contributed by atoms with Crippen LogP contribution in [0.3, 0.4) is 0 Å². The van der Waals surface area contributed by atoms with Crippen molar-refractivity contribution in [2.75, 3.05) is 26.3 Å². The Labute approximate surface area is 207 Å². The van der Waals surface area contributed by atoms with E-state index in [4.69, 9.17) is 26.4 Å². The number of ether oxygens (including phenoxy) is 1. The van der Waals surface area contributed by atoms with Crippen LogP contribution in [0.1, 0.15) is 61.0 Å². The highest BCUT2D eigenvalue weighted by Crippen LogP contribution is 2.29. The van der Waals surface area contributed by atoms with Crippen molar-refractivity contribution >= 4 is 17.2 Å². The van der Waals surface area contributed by atoms with Crippen LogP contribution >= 0.6 is 11.6 Å². The predicted octanol–water partition coefficient (Wildman–Crippen LogP) is 4.98. The van der Waals surface area contributed by atoms with Gasteiger partial charge in [-0.25, -0.2) is 9.50 Å². The van der Waals surface area contributed by atoms with Gasteiger partial charge in [-0.15, -0.1) is 0 Å². The summed E-state index contributed by atoms with van der Waals surface area (Å²) in [4.78, 5) is 7.31. The van der Waals surface area contributed by atoms with Crippen LogP contribution in [0.2, 0.25) is 5.02 Å². The zero-order valence-corrected chi connectivity index (χ0v) is 21.1. The first-order valence-corrected chi connectivity index (χ1v) is 13.1. The van der Waals surface area contributed by atoms with E-state index in [9.17, 15) is 0 Å². The summed E-state index contributed by atoms with van der Waals surface area (Å²) in [6, 6.07) is 10.9. The lowest BCUT2D eigenvalue weighted by Crippen LogP contribution is -2.36. The normalized spacial score (nSPS) is 21.2. The molecule has 6 nitrogen and oxygen atoms in total. The van der Waals surface area contributed by atoms with E-state index in [1.54, 1.807) is 0 Å². The summed E-state index contributed by atoms with van der Waals surface area (Å²) in [6.45, 7) is 10.1. The van der Waals surface area contributed by atoms with E-state index in [0.29, 0.717) is 17.9 Å². The van der Waals surface area contributed by atoms with Gasteiger partial charge < -0.3 is 10.1 Å². The second kappa shape index (κ2) is 10.7. The highest BCUT2D eigenvalue weighted by Gasteiger charge is 2.26. The number of benzene rings is 1. The Kier molecular flexibility index (Phi) is 7.49. The number of halogens is 1. The number of rotatable bonds is 7. The third-order valence-corrected chi connectivity index (χ3v) is 7.91. The first kappa shape index (κ1) is 23.7. The Hall–Kier alpha value is -1.99. The van der Waals surface area contributed by atoms with Crippen LogP contribution in [-0.2, 0) is 17.8 Å². The van der Waals surface area contributed by atoms with Crippen LogP contribution in [0, 0.1) is 12.8 Å². The predicted molar refractivity (Wildman–Crippen MR) is 136 cm³/mol. The van der Waals surface area contributed by atoms with E-state index in [1.807, 2.05) is 18.3 Å². The van der Waals surface area contributed by atoms with E-state index < -0.39 is 0 Å². The number of piperidine rings is 1. The Bertz CT molecular complexity index is 1090. The molecule has 3 aromatic rings. The molecule has 2 unspecified atom stereocenters. The average molecular weight is 482 g/mol. The van der Waals surface area contributed by atoms with E-state index in [-0.39, 0.29) is 0 Å². The number of hydrogen-bond acceptors (Lipinski definition) is 5. The van der Waals surface area contributed by atoms with Gasteiger partial charge in [-0.3, -0.25) is 4.90 Å². The molecule has 2 saturated heterocycles. The van der Waals surface area contributed by atoms with Crippen molar-refractivity contribution in [1.29, 1.82) is 0 Å². The van der Waals surface area contributed by atoms with Gasteiger partial charge in [0.05, 0.1) is 11.4 Å². The fraction of sp³-hybridized carbons (Fsp3) is 0.556. The third-order valence-electron chi connectivity index (χ3n) is 7.66. The maximum absolute atomic E-state index is 6.07. The molecule has 2 atom stereocenters. The van der Waals surface area contributed by atoms with E-state index in [1.165, 1.54) is 29.7 Å². The van der Waals surface area contributed by atoms with Gasteiger partial charge in [0.25, 0.3) is 0 Å². The van der Waals surface area contributed by atoms with Crippen molar-refractivity contribution in [2.45, 2.75) is 64.6 Å². The van der Waals surface area contributed by atoms with Gasteiger partial charge in [0.2, 0.25) is 0 Å². The van der Waals surface area contributed by atoms with Crippen LogP contribution in [-0.4, -0.2) is 51.8 Å². The standard InChI is InChI=1S/C27H36ClN5O/c1-19(22-10-14-34-15-11-22)30-16-25-20(2)31-33-26(9-12-29-27(25)33)23-4-3-13-32(18-23)17-21-5-7-24(28)8-6-21/h5-9,12,19,22-23,30H,3-4,10-11,13-18H2,1-2H3. The molecule has 5 rings (SSSR count). The Balaban J connectivity index is 1.30. The largest absolute Gasteiger partial charge is 0.381 e. The maximum Gasteiger partial charge on any atom is 0.159 e. The molecule has 0 amide bonds. The van der Waals surface area contributed by atoms with Gasteiger partial charge >= 0.3 is 0 Å². The number of aromatic nitrogens is 3. The minimum atomic E-state index is 0.452. The molecule has 2 aliphatic rings. The molecular weight excluding hydrogens is 446 g/mol. The van der Waals surface area contributed by atoms with Gasteiger partial charge in [0.15, 0.2) is 5.65 Å². The van der Waals surface area contributed by atoms with Crippen LogP contribution in [0.25, 0.3) is 5.65 Å². The third kappa shape index (κ3) is 5.30. The minimum absolute atomic E-state index is 0.452. The molecule has 7 heteroatoms. The molecule has 34 heavy (non-hydrogen) atoms. The van der Waals surface area contributed by atoms with E-state index in [2.05, 4.69) is 46.8 Å². The summed E-state index contributed by atoms with van der Waals surface area (Å²) in [5.74, 6) is 1.13. The molecule has 2 aliphatic heterocycles. The molecule has 2 fully saturated rings. The lowest BCUT2D eigenvalue weighted by molar-refractivity contribution is 0.0558. The first-order chi connectivity index (χ1) is 16.6. The molecule has 0 spiro atoms. The molecule has 1 N–H and O–H groups in total. The number of hydrogen-bond donors (Lipinski definition) is 1. The van der Waals surface area contributed by atoms with Crippen LogP contribution in [0.4, 0.5) is 0 Å². The number of nitrogens with zero attached hydrogens (tertiary/aromatic N) is 4. The van der Waals surface area contributed by atoms with Gasteiger partial charge in [0.1, 0.15) is 0 Å². The maximum atomic E-state index is 6.07. The number of likely N-dealkylation sites (tertiary alicyclic amines) is 1. The lowest BCUT2D eigenvalue weighted by Gasteiger charge is -2.33. The topological polar surface area (TPSA) is 54.7 Å². The van der Waals surface area contributed by atoms with Crippen molar-refractivity contribution in [3.8, 4) is 0 Å². The number of fused-ring (bicyclic) bond motifs is 1. The highest BCUT2D eigenvalue weighted by molar-refractivity contribution is 6.30. The van der Waals surface area contributed by atoms with Crippen molar-refractivity contribution in [3.63, 3.8) is 0 Å². The fourth-order valence-corrected chi connectivity index (χ4v) is 5.69. The average Bonchev–Trinajstić information content (AvgIpc) is 3.19. The summed E-state index contributed by atoms with van der Waals surface area (Å²) >= 11 is 6.07. The second-order valence-electron chi connectivity index (χ2n) is 9.99. The smallest absolute Gasteiger partial charge is 0.159 e. The van der Waals surface area contributed by atoms with Crippen molar-refractivity contribution < 1.29 is 4.74 Å². The Morgan fingerprint density at radius 2 is 1.94 bits per heavy atom. The monoisotopic (exact) mass is 481 g/mol. The molecule has 4 heterocycles. The van der Waals surface area contributed by atoms with Gasteiger partial charge in [0, 0.05) is 61.6 Å². The first-order valence-electron chi connectivity index (χ1n) is 12.7. The number of nitrogens with one attached hydrogen (secondary N) is 1. The molecule has 0 bridgehead atoms. The van der Waals surface area contributed by atoms with Gasteiger partial charge in [-0.05, 0) is 75.8 Å². The van der Waals surface area contributed by atoms with Crippen molar-refractivity contribution in [2.24, 2.45) is 5.92 Å². The summed E-state index contributed by atoms with van der Waals surface area (Å²) in [7, 11) is 0. The van der Waals surface area contributed by atoms with Crippen LogP contribution in [0.15, 0.2) is 36.5 Å². The van der Waals surface area contributed by atoms with Crippen molar-refractivity contribution in [3.05, 3.63) is 64.1 Å². The van der Waals surface area contributed by atoms with Gasteiger partial charge in [-0.2, -0.15) is 5.10 Å². The minimum Gasteiger partial charge on any atom is -0.381 e. The molecule has 0 radical (unpaired) electrons. The zero-order chi connectivity index (χ0) is 23.5. The quantitative estimate of drug-likeness (QED) is 0.516. The summed E-state index contributed by atoms with van der Waals surface area (Å²) in [5.41, 5.74) is 5.87. The van der Waals surface area contributed by atoms with E-state index >= 15 is 0 Å². The van der Waals surface area contributed by atoms with Crippen LogP contribution < -0.4 is 5.32 Å². The number of aryl methyl sites for hydroxylation is 1. The Morgan fingerprint density at radius 1 is 1.15 bits per heavy atom. The van der Waals surface area contributed by atoms with Crippen molar-refractivity contribution in [1.82, 2.24) is 24.8 Å². The summed E-state index contributed by atoms with van der Waals surface area (Å²) in [6.07, 6.45) is 6.62. The molecule has 0 saturated carbocycles. The highest BCUT2D eigenvalue weighted by atomic mass is 35.5. The molecule has 2 aromatic heterocycles. The van der Waals surface area contributed by atoms with E-state index in [0.717, 1.165) is 68.6 Å². The lowest BCUT2D eigenvalue weighted by atomic mass is 9.93.